The highest BCUT2D eigenvalue weighted by atomic mass is 15.0. The van der Waals surface area contributed by atoms with E-state index in [0.29, 0.717) is 5.62 Å². The highest BCUT2D eigenvalue weighted by molar-refractivity contribution is 4.79. The van der Waals surface area contributed by atoms with Gasteiger partial charge in [-0.05, 0) is 12.5 Å². The Kier molecular flexibility index (Phi) is 4.97. The molecule has 1 N–H and O–H groups in total. The van der Waals surface area contributed by atoms with Crippen molar-refractivity contribution in [1.29, 1.82) is 5.41 Å². The van der Waals surface area contributed by atoms with Crippen molar-refractivity contribution < 1.29 is 0 Å². The summed E-state index contributed by atoms with van der Waals surface area (Å²) in [7, 11) is 0. The van der Waals surface area contributed by atoms with E-state index in [9.17, 15) is 0 Å². The van der Waals surface area contributed by atoms with Gasteiger partial charge in [-0.3, -0.25) is 5.41 Å². The van der Waals surface area contributed by atoms with Crippen LogP contribution < -0.4 is 5.62 Å². The van der Waals surface area contributed by atoms with Crippen LogP contribution in [0.4, 0.5) is 0 Å². The lowest BCUT2D eigenvalue weighted by Crippen LogP contribution is -2.21. The number of aromatic nitrogens is 2. The van der Waals surface area contributed by atoms with Crippen LogP contribution in [0.25, 0.3) is 0 Å². The minimum atomic E-state index is 0.364. The van der Waals surface area contributed by atoms with Gasteiger partial charge in [0.1, 0.15) is 0 Å². The van der Waals surface area contributed by atoms with Crippen molar-refractivity contribution in [3.8, 4) is 0 Å². The SMILES string of the molecule is CCCCCCCn1cccnc1=N. The molecule has 0 aliphatic carbocycles. The molecule has 78 valence electrons. The lowest BCUT2D eigenvalue weighted by atomic mass is 10.1. The van der Waals surface area contributed by atoms with Gasteiger partial charge in [-0.15, -0.1) is 0 Å². The molecule has 3 nitrogen and oxygen atoms in total. The van der Waals surface area contributed by atoms with Gasteiger partial charge in [0.2, 0.25) is 5.62 Å². The fourth-order valence-electron chi connectivity index (χ4n) is 1.47. The van der Waals surface area contributed by atoms with Crippen LogP contribution in [0.15, 0.2) is 18.5 Å². The van der Waals surface area contributed by atoms with Gasteiger partial charge in [0.15, 0.2) is 0 Å². The molecule has 0 radical (unpaired) electrons. The first-order chi connectivity index (χ1) is 6.84. The monoisotopic (exact) mass is 193 g/mol. The van der Waals surface area contributed by atoms with E-state index < -0.39 is 0 Å². The summed E-state index contributed by atoms with van der Waals surface area (Å²) in [6.45, 7) is 3.15. The fourth-order valence-corrected chi connectivity index (χ4v) is 1.47. The predicted molar refractivity (Wildman–Crippen MR) is 56.8 cm³/mol. The van der Waals surface area contributed by atoms with Gasteiger partial charge in [-0.25, -0.2) is 4.98 Å². The standard InChI is InChI=1S/C11H19N3/c1-2-3-4-5-6-9-14-10-7-8-13-11(14)12/h7-8,10,12H,2-6,9H2,1H3. The summed E-state index contributed by atoms with van der Waals surface area (Å²) in [5.74, 6) is 0. The quantitative estimate of drug-likeness (QED) is 0.692. The summed E-state index contributed by atoms with van der Waals surface area (Å²) in [5.41, 5.74) is 0.364. The minimum absolute atomic E-state index is 0.364. The van der Waals surface area contributed by atoms with Crippen molar-refractivity contribution >= 4 is 0 Å². The summed E-state index contributed by atoms with van der Waals surface area (Å²) in [5, 5.41) is 7.54. The Hall–Kier alpha value is -1.12. The van der Waals surface area contributed by atoms with Gasteiger partial charge < -0.3 is 4.57 Å². The second-order valence-corrected chi connectivity index (χ2v) is 3.55. The van der Waals surface area contributed by atoms with Crippen molar-refractivity contribution in [3.63, 3.8) is 0 Å². The molecule has 1 heterocycles. The van der Waals surface area contributed by atoms with Crippen LogP contribution >= 0.6 is 0 Å². The molecule has 14 heavy (non-hydrogen) atoms. The molecule has 0 saturated heterocycles. The second kappa shape index (κ2) is 6.35. The maximum absolute atomic E-state index is 7.54. The lowest BCUT2D eigenvalue weighted by molar-refractivity contribution is 0.542. The highest BCUT2D eigenvalue weighted by Crippen LogP contribution is 2.02. The second-order valence-electron chi connectivity index (χ2n) is 3.55. The van der Waals surface area contributed by atoms with Crippen LogP contribution in [0.5, 0.6) is 0 Å². The number of rotatable bonds is 6. The average Bonchev–Trinajstić information content (AvgIpc) is 2.20. The topological polar surface area (TPSA) is 41.7 Å². The van der Waals surface area contributed by atoms with Gasteiger partial charge in [-0.1, -0.05) is 32.6 Å². The van der Waals surface area contributed by atoms with E-state index in [1.807, 2.05) is 16.8 Å². The predicted octanol–water partition coefficient (Wildman–Crippen LogP) is 2.33. The molecule has 1 aromatic heterocycles. The molecule has 0 saturated carbocycles. The van der Waals surface area contributed by atoms with E-state index in [1.54, 1.807) is 6.20 Å². The average molecular weight is 193 g/mol. The number of unbranched alkanes of at least 4 members (excludes halogenated alkanes) is 4. The largest absolute Gasteiger partial charge is 0.318 e. The Morgan fingerprint density at radius 2 is 2.07 bits per heavy atom. The minimum Gasteiger partial charge on any atom is -0.318 e. The number of aryl methyl sites for hydroxylation is 1. The molecule has 0 bridgehead atoms. The number of hydrogen-bond acceptors (Lipinski definition) is 2. The molecular formula is C11H19N3. The van der Waals surface area contributed by atoms with E-state index in [0.717, 1.165) is 13.0 Å². The molecule has 0 atom stereocenters. The Morgan fingerprint density at radius 1 is 1.29 bits per heavy atom. The summed E-state index contributed by atoms with van der Waals surface area (Å²) in [6.07, 6.45) is 9.92. The summed E-state index contributed by atoms with van der Waals surface area (Å²) in [6, 6.07) is 1.88. The van der Waals surface area contributed by atoms with Gasteiger partial charge in [0.05, 0.1) is 0 Å². The third-order valence-electron chi connectivity index (χ3n) is 2.32. The van der Waals surface area contributed by atoms with Gasteiger partial charge in [-0.2, -0.15) is 0 Å². The first kappa shape index (κ1) is 11.0. The molecule has 1 rings (SSSR count). The molecule has 0 aliphatic rings. The van der Waals surface area contributed by atoms with Crippen LogP contribution in [0, 0.1) is 5.41 Å². The van der Waals surface area contributed by atoms with Crippen LogP contribution in [0.2, 0.25) is 0 Å². The van der Waals surface area contributed by atoms with E-state index >= 15 is 0 Å². The fraction of sp³-hybridized carbons (Fsp3) is 0.636. The molecule has 0 aliphatic heterocycles. The number of nitrogens with one attached hydrogen (secondary N) is 1. The molecule has 0 unspecified atom stereocenters. The Morgan fingerprint density at radius 3 is 2.79 bits per heavy atom. The van der Waals surface area contributed by atoms with Crippen molar-refractivity contribution in [2.45, 2.75) is 45.6 Å². The normalized spacial score (nSPS) is 10.4. The van der Waals surface area contributed by atoms with Gasteiger partial charge in [0, 0.05) is 18.9 Å². The smallest absolute Gasteiger partial charge is 0.221 e. The van der Waals surface area contributed by atoms with E-state index in [1.165, 1.54) is 25.7 Å². The van der Waals surface area contributed by atoms with Crippen LogP contribution in [0.1, 0.15) is 39.0 Å². The first-order valence-corrected chi connectivity index (χ1v) is 5.40. The first-order valence-electron chi connectivity index (χ1n) is 5.40. The zero-order chi connectivity index (χ0) is 10.2. The number of hydrogen-bond donors (Lipinski definition) is 1. The Balaban J connectivity index is 2.25. The third-order valence-corrected chi connectivity index (χ3v) is 2.32. The molecule has 0 fully saturated rings. The van der Waals surface area contributed by atoms with Crippen molar-refractivity contribution in [2.75, 3.05) is 0 Å². The summed E-state index contributed by atoms with van der Waals surface area (Å²) >= 11 is 0. The zero-order valence-electron chi connectivity index (χ0n) is 8.87. The maximum atomic E-state index is 7.54. The van der Waals surface area contributed by atoms with Crippen LogP contribution in [-0.4, -0.2) is 9.55 Å². The van der Waals surface area contributed by atoms with Crippen molar-refractivity contribution in [1.82, 2.24) is 9.55 Å². The molecule has 0 amide bonds. The molecule has 3 heteroatoms. The van der Waals surface area contributed by atoms with E-state index in [4.69, 9.17) is 5.41 Å². The summed E-state index contributed by atoms with van der Waals surface area (Å²) in [4.78, 5) is 3.92. The molecular weight excluding hydrogens is 174 g/mol. The summed E-state index contributed by atoms with van der Waals surface area (Å²) < 4.78 is 1.89. The third kappa shape index (κ3) is 3.73. The zero-order valence-corrected chi connectivity index (χ0v) is 8.87. The molecule has 0 spiro atoms. The van der Waals surface area contributed by atoms with Crippen molar-refractivity contribution in [3.05, 3.63) is 24.1 Å². The number of nitrogens with zero attached hydrogens (tertiary/aromatic N) is 2. The lowest BCUT2D eigenvalue weighted by Gasteiger charge is -2.04. The molecule has 0 aromatic carbocycles. The van der Waals surface area contributed by atoms with Gasteiger partial charge in [0.25, 0.3) is 0 Å². The maximum Gasteiger partial charge on any atom is 0.221 e. The van der Waals surface area contributed by atoms with Crippen LogP contribution in [-0.2, 0) is 6.54 Å². The van der Waals surface area contributed by atoms with E-state index in [-0.39, 0.29) is 0 Å². The van der Waals surface area contributed by atoms with E-state index in [2.05, 4.69) is 11.9 Å². The Bertz CT molecular complexity index is 303. The highest BCUT2D eigenvalue weighted by Gasteiger charge is 1.92. The molecule has 1 aromatic rings. The Labute approximate surface area is 85.3 Å². The van der Waals surface area contributed by atoms with Crippen LogP contribution in [0.3, 0.4) is 0 Å². The van der Waals surface area contributed by atoms with Gasteiger partial charge >= 0.3 is 0 Å². The van der Waals surface area contributed by atoms with Crippen molar-refractivity contribution in [2.24, 2.45) is 0 Å².